The summed E-state index contributed by atoms with van der Waals surface area (Å²) < 4.78 is 8.65. The Morgan fingerprint density at radius 2 is 2.17 bits per heavy atom. The van der Waals surface area contributed by atoms with E-state index in [9.17, 15) is 4.79 Å². The van der Waals surface area contributed by atoms with Crippen LogP contribution in [0.15, 0.2) is 6.33 Å². The molecule has 0 saturated carbocycles. The van der Waals surface area contributed by atoms with E-state index in [4.69, 9.17) is 4.74 Å². The topological polar surface area (TPSA) is 86.9 Å². The minimum Gasteiger partial charge on any atom is -0.383 e. The molecule has 0 unspecified atom stereocenters. The van der Waals surface area contributed by atoms with E-state index in [-0.39, 0.29) is 12.5 Å². The monoisotopic (exact) mass is 320 g/mol. The molecule has 0 aliphatic heterocycles. The SMILES string of the molecule is CCc1c(C)nn(CC(=O)NCc2nncn2CCOC)c1C. The molecule has 0 atom stereocenters. The third-order valence-corrected chi connectivity index (χ3v) is 3.85. The molecule has 0 spiro atoms. The van der Waals surface area contributed by atoms with Crippen molar-refractivity contribution in [3.05, 3.63) is 29.1 Å². The van der Waals surface area contributed by atoms with Crippen LogP contribution in [-0.2, 0) is 35.6 Å². The molecule has 1 N–H and O–H groups in total. The van der Waals surface area contributed by atoms with Crippen molar-refractivity contribution in [2.24, 2.45) is 0 Å². The van der Waals surface area contributed by atoms with Crippen LogP contribution in [0.2, 0.25) is 0 Å². The number of hydrogen-bond acceptors (Lipinski definition) is 5. The average Bonchev–Trinajstić information content (AvgIpc) is 3.08. The lowest BCUT2D eigenvalue weighted by atomic mass is 10.1. The maximum absolute atomic E-state index is 12.1. The number of methoxy groups -OCH3 is 1. The molecule has 0 fully saturated rings. The molecular weight excluding hydrogens is 296 g/mol. The molecular formula is C15H24N6O2. The van der Waals surface area contributed by atoms with Crippen molar-refractivity contribution in [1.82, 2.24) is 29.9 Å². The van der Waals surface area contributed by atoms with Gasteiger partial charge in [0.1, 0.15) is 12.9 Å². The van der Waals surface area contributed by atoms with Crippen molar-refractivity contribution >= 4 is 5.91 Å². The highest BCUT2D eigenvalue weighted by Gasteiger charge is 2.13. The number of rotatable bonds is 8. The lowest BCUT2D eigenvalue weighted by Gasteiger charge is -2.08. The van der Waals surface area contributed by atoms with Crippen LogP contribution < -0.4 is 5.32 Å². The second kappa shape index (κ2) is 7.87. The Morgan fingerprint density at radius 3 is 2.83 bits per heavy atom. The molecule has 2 heterocycles. The van der Waals surface area contributed by atoms with E-state index in [1.165, 1.54) is 5.56 Å². The van der Waals surface area contributed by atoms with Crippen molar-refractivity contribution in [2.75, 3.05) is 13.7 Å². The number of nitrogens with one attached hydrogen (secondary N) is 1. The zero-order chi connectivity index (χ0) is 16.8. The van der Waals surface area contributed by atoms with Crippen LogP contribution in [0.4, 0.5) is 0 Å². The summed E-state index contributed by atoms with van der Waals surface area (Å²) in [6, 6.07) is 0. The van der Waals surface area contributed by atoms with Gasteiger partial charge in [-0.1, -0.05) is 6.92 Å². The summed E-state index contributed by atoms with van der Waals surface area (Å²) in [5.41, 5.74) is 3.23. The number of nitrogens with zero attached hydrogens (tertiary/aromatic N) is 5. The molecule has 0 aliphatic carbocycles. The molecule has 2 aromatic heterocycles. The van der Waals surface area contributed by atoms with Crippen molar-refractivity contribution in [2.45, 2.75) is 46.8 Å². The van der Waals surface area contributed by atoms with Crippen molar-refractivity contribution in [3.63, 3.8) is 0 Å². The second-order valence-electron chi connectivity index (χ2n) is 5.37. The Bertz CT molecular complexity index is 661. The molecule has 0 radical (unpaired) electrons. The molecule has 0 bridgehead atoms. The highest BCUT2D eigenvalue weighted by Crippen LogP contribution is 2.13. The first-order valence-electron chi connectivity index (χ1n) is 7.72. The first-order chi connectivity index (χ1) is 11.1. The molecule has 8 heteroatoms. The van der Waals surface area contributed by atoms with E-state index >= 15 is 0 Å². The number of carbonyl (C=O) groups is 1. The predicted molar refractivity (Wildman–Crippen MR) is 84.8 cm³/mol. The van der Waals surface area contributed by atoms with Gasteiger partial charge in [-0.05, 0) is 25.8 Å². The Balaban J connectivity index is 1.92. The lowest BCUT2D eigenvalue weighted by Crippen LogP contribution is -2.29. The number of carbonyl (C=O) groups excluding carboxylic acids is 1. The van der Waals surface area contributed by atoms with E-state index in [1.807, 2.05) is 18.4 Å². The van der Waals surface area contributed by atoms with E-state index in [2.05, 4.69) is 27.5 Å². The number of amides is 1. The van der Waals surface area contributed by atoms with Gasteiger partial charge in [-0.25, -0.2) is 0 Å². The molecule has 23 heavy (non-hydrogen) atoms. The van der Waals surface area contributed by atoms with Gasteiger partial charge in [0.05, 0.1) is 18.8 Å². The highest BCUT2D eigenvalue weighted by atomic mass is 16.5. The number of hydrogen-bond donors (Lipinski definition) is 1. The van der Waals surface area contributed by atoms with E-state index in [0.717, 1.165) is 17.8 Å². The van der Waals surface area contributed by atoms with Gasteiger partial charge in [0.2, 0.25) is 5.91 Å². The Hall–Kier alpha value is -2.22. The second-order valence-corrected chi connectivity index (χ2v) is 5.37. The lowest BCUT2D eigenvalue weighted by molar-refractivity contribution is -0.122. The van der Waals surface area contributed by atoms with Gasteiger partial charge in [-0.15, -0.1) is 10.2 Å². The van der Waals surface area contributed by atoms with Gasteiger partial charge in [0, 0.05) is 19.3 Å². The average molecular weight is 320 g/mol. The van der Waals surface area contributed by atoms with Crippen LogP contribution in [0, 0.1) is 13.8 Å². The molecule has 8 nitrogen and oxygen atoms in total. The zero-order valence-electron chi connectivity index (χ0n) is 14.2. The van der Waals surface area contributed by atoms with Gasteiger partial charge in [0.15, 0.2) is 5.82 Å². The summed E-state index contributed by atoms with van der Waals surface area (Å²) in [6.45, 7) is 7.83. The number of aryl methyl sites for hydroxylation is 1. The van der Waals surface area contributed by atoms with Crippen molar-refractivity contribution in [3.8, 4) is 0 Å². The first kappa shape index (κ1) is 17.1. The molecule has 0 saturated heterocycles. The fraction of sp³-hybridized carbons (Fsp3) is 0.600. The van der Waals surface area contributed by atoms with Crippen LogP contribution >= 0.6 is 0 Å². The molecule has 1 amide bonds. The van der Waals surface area contributed by atoms with Crippen LogP contribution in [0.3, 0.4) is 0 Å². The standard InChI is InChI=1S/C15H24N6O2/c1-5-13-11(2)19-21(12(13)3)9-15(22)16-8-14-18-17-10-20(14)6-7-23-4/h10H,5-9H2,1-4H3,(H,16,22). The van der Waals surface area contributed by atoms with Crippen molar-refractivity contribution < 1.29 is 9.53 Å². The fourth-order valence-corrected chi connectivity index (χ4v) is 2.56. The fourth-order valence-electron chi connectivity index (χ4n) is 2.56. The zero-order valence-corrected chi connectivity index (χ0v) is 14.2. The van der Waals surface area contributed by atoms with Gasteiger partial charge in [0.25, 0.3) is 0 Å². The predicted octanol–water partition coefficient (Wildman–Crippen LogP) is 0.617. The normalized spacial score (nSPS) is 11.0. The van der Waals surface area contributed by atoms with Crippen LogP contribution in [0.5, 0.6) is 0 Å². The van der Waals surface area contributed by atoms with Crippen LogP contribution in [0.1, 0.15) is 29.7 Å². The molecule has 2 rings (SSSR count). The van der Waals surface area contributed by atoms with Gasteiger partial charge in [-0.2, -0.15) is 5.10 Å². The maximum Gasteiger partial charge on any atom is 0.242 e. The maximum atomic E-state index is 12.1. The minimum absolute atomic E-state index is 0.0976. The Morgan fingerprint density at radius 1 is 1.39 bits per heavy atom. The number of ether oxygens (including phenoxy) is 1. The van der Waals surface area contributed by atoms with Gasteiger partial charge in [-0.3, -0.25) is 9.48 Å². The third-order valence-electron chi connectivity index (χ3n) is 3.85. The van der Waals surface area contributed by atoms with E-state index in [0.29, 0.717) is 25.5 Å². The summed E-state index contributed by atoms with van der Waals surface area (Å²) in [4.78, 5) is 12.1. The van der Waals surface area contributed by atoms with E-state index < -0.39 is 0 Å². The van der Waals surface area contributed by atoms with Crippen molar-refractivity contribution in [1.29, 1.82) is 0 Å². The summed E-state index contributed by atoms with van der Waals surface area (Å²) in [5.74, 6) is 0.609. The van der Waals surface area contributed by atoms with Crippen LogP contribution in [-0.4, -0.2) is 44.2 Å². The van der Waals surface area contributed by atoms with Gasteiger partial charge < -0.3 is 14.6 Å². The summed E-state index contributed by atoms with van der Waals surface area (Å²) >= 11 is 0. The summed E-state index contributed by atoms with van der Waals surface area (Å²) in [7, 11) is 1.64. The molecule has 0 aliphatic rings. The smallest absolute Gasteiger partial charge is 0.242 e. The molecule has 0 aromatic carbocycles. The first-order valence-corrected chi connectivity index (χ1v) is 7.72. The Labute approximate surface area is 135 Å². The van der Waals surface area contributed by atoms with Crippen LogP contribution in [0.25, 0.3) is 0 Å². The summed E-state index contributed by atoms with van der Waals surface area (Å²) in [5, 5.41) is 15.2. The Kier molecular flexibility index (Phi) is 5.86. The third kappa shape index (κ3) is 4.16. The van der Waals surface area contributed by atoms with Gasteiger partial charge >= 0.3 is 0 Å². The minimum atomic E-state index is -0.0976. The number of aromatic nitrogens is 5. The summed E-state index contributed by atoms with van der Waals surface area (Å²) in [6.07, 6.45) is 2.55. The quantitative estimate of drug-likeness (QED) is 0.770. The molecule has 2 aromatic rings. The van der Waals surface area contributed by atoms with E-state index in [1.54, 1.807) is 18.1 Å². The molecule has 126 valence electrons. The highest BCUT2D eigenvalue weighted by molar-refractivity contribution is 5.75. The largest absolute Gasteiger partial charge is 0.383 e.